The first-order valence-electron chi connectivity index (χ1n) is 7.23. The number of nitrogens with one attached hydrogen (secondary N) is 1. The summed E-state index contributed by atoms with van der Waals surface area (Å²) in [5.74, 6) is 2.17. The molecule has 0 radical (unpaired) electrons. The van der Waals surface area contributed by atoms with E-state index >= 15 is 0 Å². The molecule has 1 rings (SSSR count). The van der Waals surface area contributed by atoms with Crippen LogP contribution >= 0.6 is 0 Å². The van der Waals surface area contributed by atoms with E-state index in [-0.39, 0.29) is 0 Å². The standard InChI is InChI=1S/C15H27N3/c1-5-7-13(8-6-2)10-16-15-9-14(12(3)4)11-17-18-15/h9,11-13H,5-8,10H2,1-4H3,(H,16,18). The monoisotopic (exact) mass is 249 g/mol. The molecule has 102 valence electrons. The zero-order chi connectivity index (χ0) is 13.4. The van der Waals surface area contributed by atoms with Gasteiger partial charge >= 0.3 is 0 Å². The third-order valence-corrected chi connectivity index (χ3v) is 3.31. The van der Waals surface area contributed by atoms with Crippen molar-refractivity contribution in [2.24, 2.45) is 5.92 Å². The Morgan fingerprint density at radius 2 is 1.83 bits per heavy atom. The zero-order valence-electron chi connectivity index (χ0n) is 12.2. The van der Waals surface area contributed by atoms with Gasteiger partial charge in [0, 0.05) is 6.54 Å². The Hall–Kier alpha value is -1.12. The quantitative estimate of drug-likeness (QED) is 0.749. The Balaban J connectivity index is 2.53. The topological polar surface area (TPSA) is 37.8 Å². The molecule has 0 saturated heterocycles. The van der Waals surface area contributed by atoms with Crippen molar-refractivity contribution in [3.8, 4) is 0 Å². The Morgan fingerprint density at radius 1 is 1.17 bits per heavy atom. The Morgan fingerprint density at radius 3 is 2.39 bits per heavy atom. The van der Waals surface area contributed by atoms with Crippen LogP contribution in [-0.2, 0) is 0 Å². The number of hydrogen-bond acceptors (Lipinski definition) is 3. The fourth-order valence-electron chi connectivity index (χ4n) is 2.20. The maximum absolute atomic E-state index is 4.15. The van der Waals surface area contributed by atoms with E-state index in [1.165, 1.54) is 31.2 Å². The summed E-state index contributed by atoms with van der Waals surface area (Å²) < 4.78 is 0. The Kier molecular flexibility index (Phi) is 6.69. The van der Waals surface area contributed by atoms with Gasteiger partial charge in [0.1, 0.15) is 5.82 Å². The lowest BCUT2D eigenvalue weighted by Crippen LogP contribution is -2.15. The number of anilines is 1. The van der Waals surface area contributed by atoms with Gasteiger partial charge < -0.3 is 5.32 Å². The third-order valence-electron chi connectivity index (χ3n) is 3.31. The first-order chi connectivity index (χ1) is 8.67. The molecule has 0 fully saturated rings. The smallest absolute Gasteiger partial charge is 0.148 e. The lowest BCUT2D eigenvalue weighted by molar-refractivity contribution is 0.461. The van der Waals surface area contributed by atoms with E-state index in [4.69, 9.17) is 0 Å². The molecule has 0 saturated carbocycles. The molecule has 0 unspecified atom stereocenters. The molecule has 0 amide bonds. The van der Waals surface area contributed by atoms with Crippen LogP contribution in [0, 0.1) is 5.92 Å². The van der Waals surface area contributed by atoms with E-state index in [2.05, 4.69) is 49.3 Å². The minimum Gasteiger partial charge on any atom is -0.368 e. The molecule has 0 aromatic carbocycles. The first-order valence-corrected chi connectivity index (χ1v) is 7.23. The van der Waals surface area contributed by atoms with Crippen molar-refractivity contribution in [1.82, 2.24) is 10.2 Å². The third kappa shape index (κ3) is 5.03. The molecule has 18 heavy (non-hydrogen) atoms. The molecule has 0 bridgehead atoms. The van der Waals surface area contributed by atoms with E-state index in [1.54, 1.807) is 0 Å². The lowest BCUT2D eigenvalue weighted by atomic mass is 9.98. The Labute approximate surface area is 111 Å². The van der Waals surface area contributed by atoms with Crippen molar-refractivity contribution in [3.05, 3.63) is 17.8 Å². The number of nitrogens with zero attached hydrogens (tertiary/aromatic N) is 2. The molecule has 0 aliphatic rings. The van der Waals surface area contributed by atoms with E-state index in [0.29, 0.717) is 5.92 Å². The van der Waals surface area contributed by atoms with Gasteiger partial charge in [-0.2, -0.15) is 5.10 Å². The molecule has 0 atom stereocenters. The number of rotatable bonds is 8. The summed E-state index contributed by atoms with van der Waals surface area (Å²) in [5.41, 5.74) is 1.25. The van der Waals surface area contributed by atoms with Gasteiger partial charge in [0.25, 0.3) is 0 Å². The summed E-state index contributed by atoms with van der Waals surface area (Å²) in [5, 5.41) is 11.7. The van der Waals surface area contributed by atoms with Crippen LogP contribution in [-0.4, -0.2) is 16.7 Å². The molecule has 1 aromatic rings. The van der Waals surface area contributed by atoms with Crippen LogP contribution < -0.4 is 5.32 Å². The summed E-state index contributed by atoms with van der Waals surface area (Å²) in [6.45, 7) is 9.87. The SMILES string of the molecule is CCCC(CCC)CNc1cc(C(C)C)cnn1. The molecular formula is C15H27N3. The second kappa shape index (κ2) is 8.06. The molecule has 1 aromatic heterocycles. The minimum absolute atomic E-state index is 0.503. The van der Waals surface area contributed by atoms with Crippen LogP contribution in [0.2, 0.25) is 0 Å². The highest BCUT2D eigenvalue weighted by atomic mass is 15.2. The van der Waals surface area contributed by atoms with Crippen LogP contribution in [0.25, 0.3) is 0 Å². The molecule has 3 nitrogen and oxygen atoms in total. The van der Waals surface area contributed by atoms with Crippen molar-refractivity contribution in [1.29, 1.82) is 0 Å². The highest BCUT2D eigenvalue weighted by Gasteiger charge is 2.08. The second-order valence-corrected chi connectivity index (χ2v) is 5.35. The van der Waals surface area contributed by atoms with Gasteiger partial charge in [-0.3, -0.25) is 0 Å². The zero-order valence-corrected chi connectivity index (χ0v) is 12.2. The van der Waals surface area contributed by atoms with Gasteiger partial charge in [0.2, 0.25) is 0 Å². The van der Waals surface area contributed by atoms with Crippen molar-refractivity contribution in [2.75, 3.05) is 11.9 Å². The lowest BCUT2D eigenvalue weighted by Gasteiger charge is -2.16. The second-order valence-electron chi connectivity index (χ2n) is 5.35. The largest absolute Gasteiger partial charge is 0.368 e. The molecule has 0 spiro atoms. The van der Waals surface area contributed by atoms with Crippen LogP contribution in [0.4, 0.5) is 5.82 Å². The number of aromatic nitrogens is 2. The highest BCUT2D eigenvalue weighted by Crippen LogP contribution is 2.17. The van der Waals surface area contributed by atoms with Gasteiger partial charge in [-0.15, -0.1) is 5.10 Å². The van der Waals surface area contributed by atoms with Crippen molar-refractivity contribution in [2.45, 2.75) is 59.3 Å². The van der Waals surface area contributed by atoms with Gasteiger partial charge in [-0.1, -0.05) is 40.5 Å². The summed E-state index contributed by atoms with van der Waals surface area (Å²) in [7, 11) is 0. The summed E-state index contributed by atoms with van der Waals surface area (Å²) >= 11 is 0. The van der Waals surface area contributed by atoms with Crippen LogP contribution in [0.15, 0.2) is 12.3 Å². The fourth-order valence-corrected chi connectivity index (χ4v) is 2.20. The van der Waals surface area contributed by atoms with E-state index < -0.39 is 0 Å². The minimum atomic E-state index is 0.503. The highest BCUT2D eigenvalue weighted by molar-refractivity contribution is 5.36. The van der Waals surface area contributed by atoms with E-state index in [1.807, 2.05) is 6.20 Å². The predicted molar refractivity (Wildman–Crippen MR) is 77.9 cm³/mol. The van der Waals surface area contributed by atoms with Gasteiger partial charge in [0.15, 0.2) is 0 Å². The van der Waals surface area contributed by atoms with Crippen LogP contribution in [0.1, 0.15) is 64.9 Å². The molecule has 0 aliphatic carbocycles. The van der Waals surface area contributed by atoms with Crippen LogP contribution in [0.3, 0.4) is 0 Å². The molecule has 3 heteroatoms. The molecular weight excluding hydrogens is 222 g/mol. The molecule has 1 N–H and O–H groups in total. The van der Waals surface area contributed by atoms with E-state index in [0.717, 1.165) is 18.3 Å². The molecule has 0 aliphatic heterocycles. The number of hydrogen-bond donors (Lipinski definition) is 1. The van der Waals surface area contributed by atoms with Crippen molar-refractivity contribution in [3.63, 3.8) is 0 Å². The van der Waals surface area contributed by atoms with Gasteiger partial charge in [-0.05, 0) is 36.3 Å². The van der Waals surface area contributed by atoms with Crippen molar-refractivity contribution < 1.29 is 0 Å². The summed E-state index contributed by atoms with van der Waals surface area (Å²) in [6.07, 6.45) is 6.94. The van der Waals surface area contributed by atoms with Gasteiger partial charge in [-0.25, -0.2) is 0 Å². The average Bonchev–Trinajstić information content (AvgIpc) is 2.37. The first kappa shape index (κ1) is 14.9. The van der Waals surface area contributed by atoms with Crippen LogP contribution in [0.5, 0.6) is 0 Å². The summed E-state index contributed by atoms with van der Waals surface area (Å²) in [6, 6.07) is 2.12. The normalized spacial score (nSPS) is 11.2. The maximum Gasteiger partial charge on any atom is 0.148 e. The van der Waals surface area contributed by atoms with Gasteiger partial charge in [0.05, 0.1) is 6.20 Å². The Bertz CT molecular complexity index is 330. The van der Waals surface area contributed by atoms with E-state index in [9.17, 15) is 0 Å². The molecule has 1 heterocycles. The average molecular weight is 249 g/mol. The predicted octanol–water partition coefficient (Wildman–Crippen LogP) is 4.23. The summed E-state index contributed by atoms with van der Waals surface area (Å²) in [4.78, 5) is 0. The van der Waals surface area contributed by atoms with Crippen molar-refractivity contribution >= 4 is 5.82 Å². The fraction of sp³-hybridized carbons (Fsp3) is 0.733. The maximum atomic E-state index is 4.15.